The molecule has 2 aliphatic rings. The van der Waals surface area contributed by atoms with Crippen LogP contribution in [-0.2, 0) is 11.3 Å². The Hall–Kier alpha value is -1.78. The Bertz CT molecular complexity index is 616. The molecule has 0 unspecified atom stereocenters. The van der Waals surface area contributed by atoms with Gasteiger partial charge in [-0.05, 0) is 51.5 Å². The predicted octanol–water partition coefficient (Wildman–Crippen LogP) is 2.65. The minimum absolute atomic E-state index is 0.0209. The first kappa shape index (κ1) is 17.1. The van der Waals surface area contributed by atoms with Crippen LogP contribution >= 0.6 is 0 Å². The van der Waals surface area contributed by atoms with Crippen molar-refractivity contribution in [2.45, 2.75) is 58.9 Å². The highest BCUT2D eigenvalue weighted by Gasteiger charge is 2.24. The van der Waals surface area contributed by atoms with E-state index in [1.807, 2.05) is 17.9 Å². The van der Waals surface area contributed by atoms with Crippen molar-refractivity contribution >= 4 is 11.8 Å². The molecule has 1 saturated heterocycles. The minimum atomic E-state index is -0.0209. The molecule has 3 rings (SSSR count). The number of aromatic nitrogens is 1. The molecule has 5 heteroatoms. The van der Waals surface area contributed by atoms with Crippen LogP contribution in [0.5, 0.6) is 0 Å². The van der Waals surface area contributed by atoms with Crippen LogP contribution in [0.2, 0.25) is 0 Å². The van der Waals surface area contributed by atoms with Crippen LogP contribution in [0.25, 0.3) is 0 Å². The molecule has 132 valence electrons. The van der Waals surface area contributed by atoms with Gasteiger partial charge in [0.25, 0.3) is 5.91 Å². The molecule has 1 saturated carbocycles. The van der Waals surface area contributed by atoms with Gasteiger partial charge in [-0.15, -0.1) is 0 Å². The van der Waals surface area contributed by atoms with Crippen molar-refractivity contribution in [3.8, 4) is 0 Å². The maximum atomic E-state index is 12.5. The molecular weight excluding hydrogens is 302 g/mol. The molecule has 0 bridgehead atoms. The molecule has 1 aliphatic carbocycles. The zero-order chi connectivity index (χ0) is 17.1. The summed E-state index contributed by atoms with van der Waals surface area (Å²) in [7, 11) is 0. The highest BCUT2D eigenvalue weighted by atomic mass is 16.2. The number of nitrogens with one attached hydrogen (secondary N) is 1. The lowest BCUT2D eigenvalue weighted by Gasteiger charge is -2.20. The topological polar surface area (TPSA) is 54.3 Å². The van der Waals surface area contributed by atoms with E-state index in [2.05, 4.69) is 16.8 Å². The smallest absolute Gasteiger partial charge is 0.253 e. The van der Waals surface area contributed by atoms with Crippen LogP contribution in [0.1, 0.15) is 60.3 Å². The number of hydrogen-bond acceptors (Lipinski definition) is 2. The van der Waals surface area contributed by atoms with Crippen LogP contribution in [0.3, 0.4) is 0 Å². The summed E-state index contributed by atoms with van der Waals surface area (Å²) in [6.07, 6.45) is 6.46. The summed E-state index contributed by atoms with van der Waals surface area (Å²) in [5.74, 6) is 0.997. The fraction of sp³-hybridized carbons (Fsp3) is 0.684. The number of nitrogens with zero attached hydrogens (tertiary/aromatic N) is 2. The largest absolute Gasteiger partial charge is 0.350 e. The second kappa shape index (κ2) is 7.41. The van der Waals surface area contributed by atoms with Crippen LogP contribution in [0.4, 0.5) is 0 Å². The lowest BCUT2D eigenvalue weighted by Crippen LogP contribution is -2.38. The Morgan fingerprint density at radius 2 is 2.04 bits per heavy atom. The fourth-order valence-corrected chi connectivity index (χ4v) is 3.55. The fourth-order valence-electron chi connectivity index (χ4n) is 3.55. The van der Waals surface area contributed by atoms with E-state index >= 15 is 0 Å². The van der Waals surface area contributed by atoms with Gasteiger partial charge in [-0.3, -0.25) is 9.59 Å². The van der Waals surface area contributed by atoms with Crippen LogP contribution in [-0.4, -0.2) is 40.9 Å². The molecule has 5 nitrogen and oxygen atoms in total. The molecule has 1 N–H and O–H groups in total. The molecule has 0 spiro atoms. The molecule has 2 heterocycles. The summed E-state index contributed by atoms with van der Waals surface area (Å²) in [5.41, 5.74) is 2.99. The van der Waals surface area contributed by atoms with E-state index in [1.165, 1.54) is 12.8 Å². The number of likely N-dealkylation sites (tertiary alicyclic amines) is 1. The standard InChI is InChI=1S/C19H29N3O2/c1-14-12-17(15(2)22(14)13-16-7-8-16)19(24)20-9-11-21-10-5-3-4-6-18(21)23/h12,16H,3-11,13H2,1-2H3,(H,20,24). The lowest BCUT2D eigenvalue weighted by molar-refractivity contribution is -0.130. The third kappa shape index (κ3) is 4.00. The Kier molecular flexibility index (Phi) is 5.27. The molecule has 24 heavy (non-hydrogen) atoms. The van der Waals surface area contributed by atoms with E-state index < -0.39 is 0 Å². The minimum Gasteiger partial charge on any atom is -0.350 e. The number of aryl methyl sites for hydroxylation is 1. The zero-order valence-corrected chi connectivity index (χ0v) is 14.9. The van der Waals surface area contributed by atoms with Gasteiger partial charge in [0.1, 0.15) is 0 Å². The molecule has 0 radical (unpaired) electrons. The number of carbonyl (C=O) groups excluding carboxylic acids is 2. The van der Waals surface area contributed by atoms with Gasteiger partial charge in [-0.2, -0.15) is 0 Å². The van der Waals surface area contributed by atoms with E-state index in [0.717, 1.165) is 55.2 Å². The van der Waals surface area contributed by atoms with Crippen LogP contribution < -0.4 is 5.32 Å². The Morgan fingerprint density at radius 1 is 1.25 bits per heavy atom. The molecular formula is C19H29N3O2. The summed E-state index contributed by atoms with van der Waals surface area (Å²) >= 11 is 0. The highest BCUT2D eigenvalue weighted by Crippen LogP contribution is 2.32. The molecule has 2 fully saturated rings. The predicted molar refractivity (Wildman–Crippen MR) is 94.0 cm³/mol. The Balaban J connectivity index is 1.54. The van der Waals surface area contributed by atoms with E-state index in [-0.39, 0.29) is 11.8 Å². The average molecular weight is 331 g/mol. The van der Waals surface area contributed by atoms with Gasteiger partial charge in [0.05, 0.1) is 5.56 Å². The van der Waals surface area contributed by atoms with Gasteiger partial charge in [-0.25, -0.2) is 0 Å². The molecule has 1 aliphatic heterocycles. The number of carbonyl (C=O) groups is 2. The first-order chi connectivity index (χ1) is 11.6. The third-order valence-electron chi connectivity index (χ3n) is 5.29. The Labute approximate surface area is 144 Å². The van der Waals surface area contributed by atoms with Crippen molar-refractivity contribution in [1.82, 2.24) is 14.8 Å². The average Bonchev–Trinajstić information content (AvgIpc) is 3.35. The second-order valence-electron chi connectivity index (χ2n) is 7.29. The van der Waals surface area contributed by atoms with E-state index in [9.17, 15) is 9.59 Å². The third-order valence-corrected chi connectivity index (χ3v) is 5.29. The number of rotatable bonds is 6. The summed E-state index contributed by atoms with van der Waals surface area (Å²) in [4.78, 5) is 26.4. The molecule has 0 aromatic carbocycles. The van der Waals surface area contributed by atoms with E-state index in [4.69, 9.17) is 0 Å². The maximum Gasteiger partial charge on any atom is 0.253 e. The van der Waals surface area contributed by atoms with Crippen molar-refractivity contribution in [1.29, 1.82) is 0 Å². The highest BCUT2D eigenvalue weighted by molar-refractivity contribution is 5.95. The molecule has 2 amide bonds. The van der Waals surface area contributed by atoms with Crippen molar-refractivity contribution < 1.29 is 9.59 Å². The maximum absolute atomic E-state index is 12.5. The van der Waals surface area contributed by atoms with Gasteiger partial charge in [0.2, 0.25) is 5.91 Å². The number of hydrogen-bond donors (Lipinski definition) is 1. The SMILES string of the molecule is Cc1cc(C(=O)NCCN2CCCCCC2=O)c(C)n1CC1CC1. The summed E-state index contributed by atoms with van der Waals surface area (Å²) in [6.45, 7) is 7.10. The summed E-state index contributed by atoms with van der Waals surface area (Å²) in [6, 6.07) is 1.99. The van der Waals surface area contributed by atoms with Gasteiger partial charge >= 0.3 is 0 Å². The molecule has 0 atom stereocenters. The first-order valence-corrected chi connectivity index (χ1v) is 9.29. The van der Waals surface area contributed by atoms with E-state index in [0.29, 0.717) is 19.5 Å². The van der Waals surface area contributed by atoms with Crippen molar-refractivity contribution in [3.63, 3.8) is 0 Å². The zero-order valence-electron chi connectivity index (χ0n) is 14.9. The Morgan fingerprint density at radius 3 is 2.79 bits per heavy atom. The lowest BCUT2D eigenvalue weighted by atomic mass is 10.2. The van der Waals surface area contributed by atoms with Gasteiger partial charge in [-0.1, -0.05) is 6.42 Å². The van der Waals surface area contributed by atoms with Gasteiger partial charge in [0, 0.05) is 44.0 Å². The van der Waals surface area contributed by atoms with Crippen LogP contribution in [0.15, 0.2) is 6.07 Å². The molecule has 1 aromatic rings. The quantitative estimate of drug-likeness (QED) is 0.871. The normalized spacial score (nSPS) is 18.6. The van der Waals surface area contributed by atoms with Crippen molar-refractivity contribution in [3.05, 3.63) is 23.0 Å². The first-order valence-electron chi connectivity index (χ1n) is 9.29. The van der Waals surface area contributed by atoms with Crippen molar-refractivity contribution in [2.24, 2.45) is 5.92 Å². The monoisotopic (exact) mass is 331 g/mol. The van der Waals surface area contributed by atoms with Gasteiger partial charge in [0.15, 0.2) is 0 Å². The number of amides is 2. The molecule has 1 aromatic heterocycles. The van der Waals surface area contributed by atoms with Gasteiger partial charge < -0.3 is 14.8 Å². The second-order valence-corrected chi connectivity index (χ2v) is 7.29. The van der Waals surface area contributed by atoms with Crippen LogP contribution in [0, 0.1) is 19.8 Å². The summed E-state index contributed by atoms with van der Waals surface area (Å²) in [5, 5.41) is 2.99. The van der Waals surface area contributed by atoms with E-state index in [1.54, 1.807) is 0 Å². The summed E-state index contributed by atoms with van der Waals surface area (Å²) < 4.78 is 2.27. The van der Waals surface area contributed by atoms with Crippen molar-refractivity contribution in [2.75, 3.05) is 19.6 Å².